The van der Waals surface area contributed by atoms with E-state index in [0.717, 1.165) is 22.3 Å². The number of rotatable bonds is 12. The minimum absolute atomic E-state index is 0.0943. The van der Waals surface area contributed by atoms with Gasteiger partial charge in [-0.3, -0.25) is 19.3 Å². The molecule has 2 heterocycles. The Morgan fingerprint density at radius 3 is 2.20 bits per heavy atom. The fraction of sp³-hybridized carbons (Fsp3) is 0.294. The van der Waals surface area contributed by atoms with Gasteiger partial charge in [-0.15, -0.1) is 10.2 Å². The summed E-state index contributed by atoms with van der Waals surface area (Å²) >= 11 is 0. The normalized spacial score (nSPS) is 15.6. The number of urea groups is 1. The summed E-state index contributed by atoms with van der Waals surface area (Å²) in [6.07, 6.45) is 0.621. The molecule has 1 unspecified atom stereocenters. The van der Waals surface area contributed by atoms with Gasteiger partial charge in [0.15, 0.2) is 0 Å². The van der Waals surface area contributed by atoms with E-state index in [1.54, 1.807) is 13.8 Å². The van der Waals surface area contributed by atoms with Gasteiger partial charge in [-0.05, 0) is 29.5 Å². The molecule has 4 amide bonds. The van der Waals surface area contributed by atoms with Gasteiger partial charge < -0.3 is 14.6 Å². The van der Waals surface area contributed by atoms with E-state index in [1.165, 1.54) is 9.80 Å². The van der Waals surface area contributed by atoms with Gasteiger partial charge in [-0.25, -0.2) is 4.79 Å². The van der Waals surface area contributed by atoms with Gasteiger partial charge in [-0.2, -0.15) is 0 Å². The Bertz CT molecular complexity index is 1640. The van der Waals surface area contributed by atoms with Crippen molar-refractivity contribution in [2.45, 2.75) is 52.2 Å². The number of ketones is 1. The smallest absolute Gasteiger partial charge is 0.328 e. The Labute approximate surface area is 256 Å². The van der Waals surface area contributed by atoms with Crippen molar-refractivity contribution in [3.8, 4) is 0 Å². The number of Topliss-reactive ketones (excluding diaryl/α,β-unsaturated/α-hetero) is 1. The van der Waals surface area contributed by atoms with Crippen molar-refractivity contribution >= 4 is 23.6 Å². The Hall–Kier alpha value is -5.12. The maximum Gasteiger partial charge on any atom is 0.328 e. The van der Waals surface area contributed by atoms with Crippen molar-refractivity contribution in [2.75, 3.05) is 6.54 Å². The molecule has 10 nitrogen and oxygen atoms in total. The summed E-state index contributed by atoms with van der Waals surface area (Å²) in [5, 5.41) is 10.7. The third-order valence-corrected chi connectivity index (χ3v) is 7.55. The number of aryl methyl sites for hydroxylation is 1. The van der Waals surface area contributed by atoms with Crippen LogP contribution in [-0.4, -0.2) is 62.3 Å². The van der Waals surface area contributed by atoms with Crippen LogP contribution in [0.1, 0.15) is 52.7 Å². The Morgan fingerprint density at radius 1 is 0.886 bits per heavy atom. The lowest BCUT2D eigenvalue weighted by molar-refractivity contribution is -0.129. The van der Waals surface area contributed by atoms with Crippen molar-refractivity contribution in [2.24, 2.45) is 5.92 Å². The molecule has 1 aliphatic rings. The molecular weight excluding hydrogens is 558 g/mol. The van der Waals surface area contributed by atoms with Crippen LogP contribution in [-0.2, 0) is 29.0 Å². The minimum Gasteiger partial charge on any atom is -0.418 e. The number of nitrogens with zero attached hydrogens (tertiary/aromatic N) is 4. The van der Waals surface area contributed by atoms with E-state index < -0.39 is 36.3 Å². The topological polar surface area (TPSA) is 126 Å². The summed E-state index contributed by atoms with van der Waals surface area (Å²) in [6, 6.07) is 24.0. The van der Waals surface area contributed by atoms with Crippen LogP contribution in [0.5, 0.6) is 0 Å². The third-order valence-electron chi connectivity index (χ3n) is 7.55. The maximum atomic E-state index is 13.6. The lowest BCUT2D eigenvalue weighted by Crippen LogP contribution is -2.50. The highest BCUT2D eigenvalue weighted by Gasteiger charge is 2.46. The van der Waals surface area contributed by atoms with Gasteiger partial charge in [0.1, 0.15) is 12.6 Å². The second kappa shape index (κ2) is 13.5. The van der Waals surface area contributed by atoms with E-state index in [0.29, 0.717) is 6.42 Å². The number of carbonyl (C=O) groups excluding carboxylic acids is 4. The maximum absolute atomic E-state index is 13.6. The van der Waals surface area contributed by atoms with Crippen molar-refractivity contribution in [3.63, 3.8) is 0 Å². The van der Waals surface area contributed by atoms with Crippen LogP contribution in [0, 0.1) is 12.8 Å². The average molecular weight is 594 g/mol. The van der Waals surface area contributed by atoms with Gasteiger partial charge in [0.25, 0.3) is 11.8 Å². The van der Waals surface area contributed by atoms with Crippen molar-refractivity contribution < 1.29 is 23.6 Å². The molecule has 10 heteroatoms. The Morgan fingerprint density at radius 2 is 1.55 bits per heavy atom. The molecule has 44 heavy (non-hydrogen) atoms. The highest BCUT2D eigenvalue weighted by Crippen LogP contribution is 2.24. The summed E-state index contributed by atoms with van der Waals surface area (Å²) in [7, 11) is 0. The van der Waals surface area contributed by atoms with Crippen LogP contribution in [0.3, 0.4) is 0 Å². The van der Waals surface area contributed by atoms with Crippen molar-refractivity contribution in [1.29, 1.82) is 0 Å². The molecule has 0 saturated carbocycles. The lowest BCUT2D eigenvalue weighted by atomic mass is 9.99. The second-order valence-corrected chi connectivity index (χ2v) is 11.3. The first-order valence-corrected chi connectivity index (χ1v) is 14.6. The largest absolute Gasteiger partial charge is 0.418 e. The molecule has 0 bridgehead atoms. The first-order valence-electron chi connectivity index (χ1n) is 14.6. The molecule has 4 aromatic rings. The molecule has 3 aromatic carbocycles. The number of carbonyl (C=O) groups is 4. The standard InChI is InChI=1S/C34H35N5O5/c1-22(2)30(31(41)32-37-36-29(44-32)19-26-16-10-11-23(3)17-26)35-28(40)21-38-27(18-24-12-6-4-7-13-24)33(42)39(34(38)43)20-25-14-8-5-9-15-25/h4-17,22,27,30H,18-21H2,1-3H3,(H,35,40)/t27-,30?/m0/s1. The molecule has 1 N–H and O–H groups in total. The first kappa shape index (κ1) is 30.3. The Kier molecular flexibility index (Phi) is 9.28. The van der Waals surface area contributed by atoms with E-state index in [2.05, 4.69) is 15.5 Å². The number of nitrogens with one attached hydrogen (secondary N) is 1. The number of amides is 4. The average Bonchev–Trinajstić information content (AvgIpc) is 3.56. The SMILES string of the molecule is Cc1cccc(Cc2nnc(C(=O)C(NC(=O)CN3C(=O)N(Cc4ccccc4)C(=O)[C@@H]3Cc3ccccc3)C(C)C)o2)c1. The first-order chi connectivity index (χ1) is 21.2. The summed E-state index contributed by atoms with van der Waals surface area (Å²) < 4.78 is 5.68. The number of aromatic nitrogens is 2. The molecule has 0 aliphatic carbocycles. The molecular formula is C34H35N5O5. The molecule has 1 aromatic heterocycles. The van der Waals surface area contributed by atoms with Crippen LogP contribution in [0.15, 0.2) is 89.3 Å². The monoisotopic (exact) mass is 593 g/mol. The molecule has 5 rings (SSSR count). The molecule has 226 valence electrons. The van der Waals surface area contributed by atoms with E-state index >= 15 is 0 Å². The van der Waals surface area contributed by atoms with E-state index in [4.69, 9.17) is 4.42 Å². The van der Waals surface area contributed by atoms with E-state index in [-0.39, 0.29) is 36.6 Å². The molecule has 1 fully saturated rings. The molecule has 1 saturated heterocycles. The van der Waals surface area contributed by atoms with Crippen LogP contribution in [0.25, 0.3) is 0 Å². The van der Waals surface area contributed by atoms with Gasteiger partial charge in [0.2, 0.25) is 17.6 Å². The van der Waals surface area contributed by atoms with Crippen LogP contribution in [0.4, 0.5) is 4.79 Å². The van der Waals surface area contributed by atoms with Crippen LogP contribution in [0.2, 0.25) is 0 Å². The van der Waals surface area contributed by atoms with Crippen LogP contribution < -0.4 is 5.32 Å². The third kappa shape index (κ3) is 7.08. The summed E-state index contributed by atoms with van der Waals surface area (Å²) in [6.45, 7) is 5.26. The van der Waals surface area contributed by atoms with Gasteiger partial charge in [0, 0.05) is 6.42 Å². The van der Waals surface area contributed by atoms with Gasteiger partial charge >= 0.3 is 6.03 Å². The van der Waals surface area contributed by atoms with Crippen LogP contribution >= 0.6 is 0 Å². The minimum atomic E-state index is -0.976. The Balaban J connectivity index is 1.30. The predicted molar refractivity (Wildman–Crippen MR) is 162 cm³/mol. The van der Waals surface area contributed by atoms with E-state index in [9.17, 15) is 19.2 Å². The fourth-order valence-electron chi connectivity index (χ4n) is 5.28. The molecule has 0 spiro atoms. The van der Waals surface area contributed by atoms with Gasteiger partial charge in [-0.1, -0.05) is 104 Å². The van der Waals surface area contributed by atoms with E-state index in [1.807, 2.05) is 91.9 Å². The van der Waals surface area contributed by atoms with Crippen molar-refractivity contribution in [3.05, 3.63) is 119 Å². The summed E-state index contributed by atoms with van der Waals surface area (Å²) in [5.74, 6) is -1.70. The molecule has 1 aliphatic heterocycles. The predicted octanol–water partition coefficient (Wildman–Crippen LogP) is 4.37. The van der Waals surface area contributed by atoms with Crippen molar-refractivity contribution in [1.82, 2.24) is 25.3 Å². The quantitative estimate of drug-likeness (QED) is 0.191. The number of benzene rings is 3. The number of imide groups is 1. The van der Waals surface area contributed by atoms with Gasteiger partial charge in [0.05, 0.1) is 19.0 Å². The zero-order chi connectivity index (χ0) is 31.2. The summed E-state index contributed by atoms with van der Waals surface area (Å²) in [5.41, 5.74) is 3.72. The number of hydrogen-bond donors (Lipinski definition) is 1. The second-order valence-electron chi connectivity index (χ2n) is 11.3. The highest BCUT2D eigenvalue weighted by molar-refractivity contribution is 6.06. The lowest BCUT2D eigenvalue weighted by Gasteiger charge is -2.24. The zero-order valence-corrected chi connectivity index (χ0v) is 25.0. The fourth-order valence-corrected chi connectivity index (χ4v) is 5.28. The summed E-state index contributed by atoms with van der Waals surface area (Å²) in [4.78, 5) is 56.3. The zero-order valence-electron chi connectivity index (χ0n) is 25.0. The molecule has 0 radical (unpaired) electrons. The molecule has 2 atom stereocenters. The highest BCUT2D eigenvalue weighted by atomic mass is 16.4. The number of hydrogen-bond acceptors (Lipinski definition) is 7.